The normalized spacial score (nSPS) is 13.1. The molecule has 1 N–H and O–H groups in total. The van der Waals surface area contributed by atoms with Crippen molar-refractivity contribution in [2.75, 3.05) is 23.3 Å². The number of rotatable bonds is 5. The highest BCUT2D eigenvalue weighted by atomic mass is 16.5. The number of carbonyl (C=O) groups is 1. The zero-order valence-corrected chi connectivity index (χ0v) is 13.6. The molecule has 0 bridgehead atoms. The van der Waals surface area contributed by atoms with Crippen molar-refractivity contribution in [3.05, 3.63) is 54.1 Å². The number of hydrogen-bond donors (Lipinski definition) is 1. The number of fused-ring (bicyclic) bond motifs is 1. The second kappa shape index (κ2) is 6.73. The number of carbonyl (C=O) groups excluding carboxylic acids is 1. The fraction of sp³-hybridized carbons (Fsp3) is 0.316. The minimum absolute atomic E-state index is 0.0264. The van der Waals surface area contributed by atoms with Gasteiger partial charge in [0, 0.05) is 12.2 Å². The smallest absolute Gasteiger partial charge is 0.243 e. The maximum absolute atomic E-state index is 12.4. The first-order valence-electron chi connectivity index (χ1n) is 8.02. The zero-order valence-electron chi connectivity index (χ0n) is 13.6. The summed E-state index contributed by atoms with van der Waals surface area (Å²) in [5, 5.41) is 2.97. The van der Waals surface area contributed by atoms with Crippen molar-refractivity contribution in [2.45, 2.75) is 26.4 Å². The van der Waals surface area contributed by atoms with Crippen LogP contribution in [0.3, 0.4) is 0 Å². The van der Waals surface area contributed by atoms with E-state index in [0.29, 0.717) is 12.3 Å². The third-order valence-electron chi connectivity index (χ3n) is 3.84. The van der Waals surface area contributed by atoms with Crippen molar-refractivity contribution < 1.29 is 9.53 Å². The molecule has 3 rings (SSSR count). The first-order chi connectivity index (χ1) is 11.1. The molecule has 0 atom stereocenters. The van der Waals surface area contributed by atoms with Crippen LogP contribution in [0.1, 0.15) is 19.4 Å². The number of amides is 1. The Morgan fingerprint density at radius 2 is 1.91 bits per heavy atom. The van der Waals surface area contributed by atoms with Crippen molar-refractivity contribution >= 4 is 17.3 Å². The SMILES string of the molecule is CC(C)Oc1ccccc1NC(=O)CN1CCc2ccccc21. The molecule has 0 aliphatic carbocycles. The molecule has 1 aliphatic heterocycles. The van der Waals surface area contributed by atoms with Gasteiger partial charge in [-0.15, -0.1) is 0 Å². The Morgan fingerprint density at radius 3 is 2.74 bits per heavy atom. The van der Waals surface area contributed by atoms with E-state index in [0.717, 1.165) is 24.3 Å². The van der Waals surface area contributed by atoms with Gasteiger partial charge < -0.3 is 15.0 Å². The highest BCUT2D eigenvalue weighted by Crippen LogP contribution is 2.28. The summed E-state index contributed by atoms with van der Waals surface area (Å²) >= 11 is 0. The average Bonchev–Trinajstić information content (AvgIpc) is 2.92. The second-order valence-corrected chi connectivity index (χ2v) is 6.01. The van der Waals surface area contributed by atoms with Crippen LogP contribution in [0, 0.1) is 0 Å². The first kappa shape index (κ1) is 15.4. The molecule has 0 saturated carbocycles. The van der Waals surface area contributed by atoms with Crippen LogP contribution in [0.25, 0.3) is 0 Å². The molecule has 0 spiro atoms. The van der Waals surface area contributed by atoms with Crippen molar-refractivity contribution in [2.24, 2.45) is 0 Å². The molecule has 4 heteroatoms. The third-order valence-corrected chi connectivity index (χ3v) is 3.84. The van der Waals surface area contributed by atoms with Crippen LogP contribution in [0.5, 0.6) is 5.75 Å². The van der Waals surface area contributed by atoms with Gasteiger partial charge in [-0.25, -0.2) is 0 Å². The summed E-state index contributed by atoms with van der Waals surface area (Å²) in [4.78, 5) is 14.5. The van der Waals surface area contributed by atoms with Crippen molar-refractivity contribution in [3.8, 4) is 5.75 Å². The predicted molar refractivity (Wildman–Crippen MR) is 93.2 cm³/mol. The van der Waals surface area contributed by atoms with Gasteiger partial charge in [0.25, 0.3) is 0 Å². The Kier molecular flexibility index (Phi) is 4.51. The van der Waals surface area contributed by atoms with Gasteiger partial charge in [0.15, 0.2) is 0 Å². The second-order valence-electron chi connectivity index (χ2n) is 6.01. The van der Waals surface area contributed by atoms with Gasteiger partial charge in [-0.3, -0.25) is 4.79 Å². The van der Waals surface area contributed by atoms with Crippen LogP contribution < -0.4 is 15.0 Å². The summed E-state index contributed by atoms with van der Waals surface area (Å²) in [5.74, 6) is 0.680. The van der Waals surface area contributed by atoms with E-state index in [1.807, 2.05) is 50.2 Å². The molecule has 23 heavy (non-hydrogen) atoms. The Balaban J connectivity index is 1.67. The summed E-state index contributed by atoms with van der Waals surface area (Å²) in [6.07, 6.45) is 1.06. The highest BCUT2D eigenvalue weighted by molar-refractivity contribution is 5.95. The number of benzene rings is 2. The fourth-order valence-electron chi connectivity index (χ4n) is 2.86. The van der Waals surface area contributed by atoms with Gasteiger partial charge >= 0.3 is 0 Å². The van der Waals surface area contributed by atoms with Gasteiger partial charge in [-0.2, -0.15) is 0 Å². The molecule has 1 amide bonds. The third kappa shape index (κ3) is 3.65. The van der Waals surface area contributed by atoms with Crippen LogP contribution in [0.4, 0.5) is 11.4 Å². The van der Waals surface area contributed by atoms with E-state index in [-0.39, 0.29) is 12.0 Å². The van der Waals surface area contributed by atoms with Gasteiger partial charge in [0.2, 0.25) is 5.91 Å². The standard InChI is InChI=1S/C19H22N2O2/c1-14(2)23-18-10-6-4-8-16(18)20-19(22)13-21-12-11-15-7-3-5-9-17(15)21/h3-10,14H,11-13H2,1-2H3,(H,20,22). The van der Waals surface area contributed by atoms with E-state index in [1.54, 1.807) is 0 Å². The lowest BCUT2D eigenvalue weighted by atomic mass is 10.2. The topological polar surface area (TPSA) is 41.6 Å². The lowest BCUT2D eigenvalue weighted by Gasteiger charge is -2.20. The predicted octanol–water partition coefficient (Wildman–Crippen LogP) is 3.48. The molecule has 120 valence electrons. The average molecular weight is 310 g/mol. The molecule has 0 aromatic heterocycles. The van der Waals surface area contributed by atoms with E-state index in [4.69, 9.17) is 4.74 Å². The van der Waals surface area contributed by atoms with Crippen LogP contribution in [0.15, 0.2) is 48.5 Å². The monoisotopic (exact) mass is 310 g/mol. The number of para-hydroxylation sites is 3. The van der Waals surface area contributed by atoms with E-state index in [2.05, 4.69) is 22.3 Å². The van der Waals surface area contributed by atoms with Crippen LogP contribution in [-0.2, 0) is 11.2 Å². The molecule has 0 radical (unpaired) electrons. The summed E-state index contributed by atoms with van der Waals surface area (Å²) in [5.41, 5.74) is 3.19. The molecule has 2 aromatic rings. The number of hydrogen-bond acceptors (Lipinski definition) is 3. The van der Waals surface area contributed by atoms with Crippen LogP contribution in [-0.4, -0.2) is 25.1 Å². The summed E-state index contributed by atoms with van der Waals surface area (Å²) in [6, 6.07) is 15.8. The van der Waals surface area contributed by atoms with Crippen molar-refractivity contribution in [1.82, 2.24) is 0 Å². The Bertz CT molecular complexity index is 697. The lowest BCUT2D eigenvalue weighted by molar-refractivity contribution is -0.115. The lowest BCUT2D eigenvalue weighted by Crippen LogP contribution is -2.32. The fourth-order valence-corrected chi connectivity index (χ4v) is 2.86. The molecule has 0 unspecified atom stereocenters. The van der Waals surface area contributed by atoms with Gasteiger partial charge in [0.05, 0.1) is 18.3 Å². The van der Waals surface area contributed by atoms with Gasteiger partial charge in [-0.05, 0) is 44.0 Å². The quantitative estimate of drug-likeness (QED) is 0.919. The molecule has 1 heterocycles. The number of nitrogens with one attached hydrogen (secondary N) is 1. The molecule has 0 fully saturated rings. The molecule has 2 aromatic carbocycles. The van der Waals surface area contributed by atoms with E-state index < -0.39 is 0 Å². The molecular formula is C19H22N2O2. The Hall–Kier alpha value is -2.49. The molecule has 0 saturated heterocycles. The number of anilines is 2. The Labute approximate surface area is 137 Å². The number of nitrogens with zero attached hydrogens (tertiary/aromatic N) is 1. The largest absolute Gasteiger partial charge is 0.489 e. The number of ether oxygens (including phenoxy) is 1. The van der Waals surface area contributed by atoms with E-state index >= 15 is 0 Å². The van der Waals surface area contributed by atoms with E-state index in [9.17, 15) is 4.79 Å². The maximum atomic E-state index is 12.4. The Morgan fingerprint density at radius 1 is 1.17 bits per heavy atom. The minimum atomic E-state index is -0.0264. The summed E-state index contributed by atoms with van der Waals surface area (Å²) in [6.45, 7) is 5.18. The maximum Gasteiger partial charge on any atom is 0.243 e. The van der Waals surface area contributed by atoms with Crippen LogP contribution in [0.2, 0.25) is 0 Å². The summed E-state index contributed by atoms with van der Waals surface area (Å²) < 4.78 is 5.74. The minimum Gasteiger partial charge on any atom is -0.489 e. The highest BCUT2D eigenvalue weighted by Gasteiger charge is 2.20. The summed E-state index contributed by atoms with van der Waals surface area (Å²) in [7, 11) is 0. The zero-order chi connectivity index (χ0) is 16.2. The van der Waals surface area contributed by atoms with Gasteiger partial charge in [0.1, 0.15) is 5.75 Å². The van der Waals surface area contributed by atoms with Crippen LogP contribution >= 0.6 is 0 Å². The van der Waals surface area contributed by atoms with Gasteiger partial charge in [-0.1, -0.05) is 30.3 Å². The first-order valence-corrected chi connectivity index (χ1v) is 8.02. The molecule has 1 aliphatic rings. The van der Waals surface area contributed by atoms with Crippen molar-refractivity contribution in [1.29, 1.82) is 0 Å². The van der Waals surface area contributed by atoms with Crippen molar-refractivity contribution in [3.63, 3.8) is 0 Å². The molecule has 4 nitrogen and oxygen atoms in total. The van der Waals surface area contributed by atoms with E-state index in [1.165, 1.54) is 5.56 Å². The molecular weight excluding hydrogens is 288 g/mol.